The normalized spacial score (nSPS) is 18.5. The van der Waals surface area contributed by atoms with E-state index in [1.165, 1.54) is 6.42 Å². The number of nitrogens with zero attached hydrogens (tertiary/aromatic N) is 4. The van der Waals surface area contributed by atoms with E-state index in [0.29, 0.717) is 11.6 Å². The highest BCUT2D eigenvalue weighted by Crippen LogP contribution is 2.17. The number of urea groups is 1. The highest BCUT2D eigenvalue weighted by molar-refractivity contribution is 5.89. The molecule has 0 saturated carbocycles. The molecule has 6 heteroatoms. The summed E-state index contributed by atoms with van der Waals surface area (Å²) in [7, 11) is 0. The van der Waals surface area contributed by atoms with E-state index in [1.54, 1.807) is 17.1 Å². The SMILES string of the molecule is C[C@@H]1CCCN(C(=O)Nc2ccc(-n3cccn3)nc2)C1. The molecule has 1 aliphatic rings. The van der Waals surface area contributed by atoms with Gasteiger partial charge in [-0.3, -0.25) is 0 Å². The molecular formula is C15H19N5O. The van der Waals surface area contributed by atoms with Crippen LogP contribution >= 0.6 is 0 Å². The summed E-state index contributed by atoms with van der Waals surface area (Å²) < 4.78 is 1.68. The molecule has 1 fully saturated rings. The predicted molar refractivity (Wildman–Crippen MR) is 80.3 cm³/mol. The molecule has 3 rings (SSSR count). The molecule has 1 atom stereocenters. The van der Waals surface area contributed by atoms with Crippen molar-refractivity contribution in [3.05, 3.63) is 36.8 Å². The van der Waals surface area contributed by atoms with E-state index in [-0.39, 0.29) is 6.03 Å². The van der Waals surface area contributed by atoms with Gasteiger partial charge >= 0.3 is 6.03 Å². The molecule has 1 N–H and O–H groups in total. The van der Waals surface area contributed by atoms with Gasteiger partial charge in [0.2, 0.25) is 0 Å². The van der Waals surface area contributed by atoms with Gasteiger partial charge in [-0.1, -0.05) is 6.92 Å². The molecule has 110 valence electrons. The fraction of sp³-hybridized carbons (Fsp3) is 0.400. The third kappa shape index (κ3) is 3.21. The maximum atomic E-state index is 12.2. The van der Waals surface area contributed by atoms with Crippen molar-refractivity contribution in [2.45, 2.75) is 19.8 Å². The Balaban J connectivity index is 1.63. The number of hydrogen-bond donors (Lipinski definition) is 1. The number of pyridine rings is 1. The van der Waals surface area contributed by atoms with Crippen molar-refractivity contribution in [3.8, 4) is 5.82 Å². The zero-order valence-corrected chi connectivity index (χ0v) is 12.1. The summed E-state index contributed by atoms with van der Waals surface area (Å²) in [5.41, 5.74) is 0.703. The lowest BCUT2D eigenvalue weighted by molar-refractivity contribution is 0.182. The van der Waals surface area contributed by atoms with Crippen molar-refractivity contribution in [1.82, 2.24) is 19.7 Å². The first-order valence-corrected chi connectivity index (χ1v) is 7.24. The Kier molecular flexibility index (Phi) is 3.85. The third-order valence-electron chi connectivity index (χ3n) is 3.68. The number of carbonyl (C=O) groups is 1. The summed E-state index contributed by atoms with van der Waals surface area (Å²) in [6.07, 6.45) is 7.46. The van der Waals surface area contributed by atoms with E-state index < -0.39 is 0 Å². The molecule has 0 spiro atoms. The Hall–Kier alpha value is -2.37. The lowest BCUT2D eigenvalue weighted by Gasteiger charge is -2.30. The van der Waals surface area contributed by atoms with Crippen LogP contribution in [0, 0.1) is 5.92 Å². The first kappa shape index (κ1) is 13.6. The van der Waals surface area contributed by atoms with Crippen LogP contribution in [0.1, 0.15) is 19.8 Å². The topological polar surface area (TPSA) is 63.1 Å². The monoisotopic (exact) mass is 285 g/mol. The predicted octanol–water partition coefficient (Wildman–Crippen LogP) is 2.53. The zero-order valence-electron chi connectivity index (χ0n) is 12.1. The largest absolute Gasteiger partial charge is 0.324 e. The summed E-state index contributed by atoms with van der Waals surface area (Å²) >= 11 is 0. The van der Waals surface area contributed by atoms with Crippen LogP contribution in [-0.4, -0.2) is 38.8 Å². The molecule has 1 saturated heterocycles. The summed E-state index contributed by atoms with van der Waals surface area (Å²) in [6.45, 7) is 3.83. The summed E-state index contributed by atoms with van der Waals surface area (Å²) in [6, 6.07) is 5.47. The highest BCUT2D eigenvalue weighted by Gasteiger charge is 2.20. The molecule has 0 radical (unpaired) electrons. The van der Waals surface area contributed by atoms with Gasteiger partial charge in [-0.25, -0.2) is 14.5 Å². The average Bonchev–Trinajstić information content (AvgIpc) is 3.02. The molecule has 2 aromatic heterocycles. The molecule has 21 heavy (non-hydrogen) atoms. The van der Waals surface area contributed by atoms with Crippen molar-refractivity contribution in [3.63, 3.8) is 0 Å². The minimum Gasteiger partial charge on any atom is -0.324 e. The van der Waals surface area contributed by atoms with Crippen molar-refractivity contribution >= 4 is 11.7 Å². The van der Waals surface area contributed by atoms with Crippen molar-refractivity contribution in [2.75, 3.05) is 18.4 Å². The van der Waals surface area contributed by atoms with Crippen LogP contribution in [-0.2, 0) is 0 Å². The molecular weight excluding hydrogens is 266 g/mol. The Labute approximate surface area is 123 Å². The third-order valence-corrected chi connectivity index (χ3v) is 3.68. The first-order valence-electron chi connectivity index (χ1n) is 7.24. The Morgan fingerprint density at radius 2 is 2.33 bits per heavy atom. The average molecular weight is 285 g/mol. The van der Waals surface area contributed by atoms with Gasteiger partial charge in [0.05, 0.1) is 11.9 Å². The van der Waals surface area contributed by atoms with Gasteiger partial charge in [0, 0.05) is 25.5 Å². The minimum absolute atomic E-state index is 0.0461. The molecule has 2 aromatic rings. The van der Waals surface area contributed by atoms with Gasteiger partial charge in [0.1, 0.15) is 0 Å². The molecule has 2 amide bonds. The standard InChI is InChI=1S/C15H19N5O/c1-12-4-2-8-19(11-12)15(21)18-13-5-6-14(16-10-13)20-9-3-7-17-20/h3,5-7,9-10,12H,2,4,8,11H2,1H3,(H,18,21)/t12-/m1/s1. The van der Waals surface area contributed by atoms with Gasteiger partial charge < -0.3 is 10.2 Å². The Morgan fingerprint density at radius 3 is 3.00 bits per heavy atom. The number of likely N-dealkylation sites (tertiary alicyclic amines) is 1. The number of amides is 2. The molecule has 0 unspecified atom stereocenters. The van der Waals surface area contributed by atoms with Crippen LogP contribution in [0.2, 0.25) is 0 Å². The number of carbonyl (C=O) groups excluding carboxylic acids is 1. The summed E-state index contributed by atoms with van der Waals surface area (Å²) in [5.74, 6) is 1.30. The second-order valence-electron chi connectivity index (χ2n) is 5.48. The van der Waals surface area contributed by atoms with Crippen LogP contribution in [0.15, 0.2) is 36.8 Å². The first-order chi connectivity index (χ1) is 10.2. The number of hydrogen-bond acceptors (Lipinski definition) is 3. The van der Waals surface area contributed by atoms with Gasteiger partial charge in [0.25, 0.3) is 0 Å². The maximum absolute atomic E-state index is 12.2. The number of aromatic nitrogens is 3. The summed E-state index contributed by atoms with van der Waals surface area (Å²) in [4.78, 5) is 18.4. The van der Waals surface area contributed by atoms with Crippen LogP contribution < -0.4 is 5.32 Å². The molecule has 6 nitrogen and oxygen atoms in total. The van der Waals surface area contributed by atoms with Gasteiger partial charge in [0.15, 0.2) is 5.82 Å². The molecule has 0 aromatic carbocycles. The second kappa shape index (κ2) is 5.95. The quantitative estimate of drug-likeness (QED) is 0.922. The second-order valence-corrected chi connectivity index (χ2v) is 5.48. The van der Waals surface area contributed by atoms with E-state index >= 15 is 0 Å². The Morgan fingerprint density at radius 1 is 1.43 bits per heavy atom. The zero-order chi connectivity index (χ0) is 14.7. The lowest BCUT2D eigenvalue weighted by Crippen LogP contribution is -2.41. The summed E-state index contributed by atoms with van der Waals surface area (Å²) in [5, 5.41) is 7.02. The molecule has 0 bridgehead atoms. The van der Waals surface area contributed by atoms with Crippen molar-refractivity contribution in [1.29, 1.82) is 0 Å². The van der Waals surface area contributed by atoms with E-state index in [1.807, 2.05) is 29.3 Å². The van der Waals surface area contributed by atoms with Crippen LogP contribution in [0.4, 0.5) is 10.5 Å². The number of anilines is 1. The fourth-order valence-corrected chi connectivity index (χ4v) is 2.58. The molecule has 1 aliphatic heterocycles. The molecule has 3 heterocycles. The van der Waals surface area contributed by atoms with E-state index in [2.05, 4.69) is 22.3 Å². The number of rotatable bonds is 2. The van der Waals surface area contributed by atoms with E-state index in [0.717, 1.165) is 25.3 Å². The molecule has 0 aliphatic carbocycles. The van der Waals surface area contributed by atoms with Gasteiger partial charge in [-0.2, -0.15) is 5.10 Å². The van der Waals surface area contributed by atoms with Gasteiger partial charge in [-0.15, -0.1) is 0 Å². The highest BCUT2D eigenvalue weighted by atomic mass is 16.2. The smallest absolute Gasteiger partial charge is 0.321 e. The van der Waals surface area contributed by atoms with Crippen LogP contribution in [0.3, 0.4) is 0 Å². The minimum atomic E-state index is -0.0461. The number of piperidine rings is 1. The maximum Gasteiger partial charge on any atom is 0.321 e. The fourth-order valence-electron chi connectivity index (χ4n) is 2.58. The van der Waals surface area contributed by atoms with Crippen molar-refractivity contribution < 1.29 is 4.79 Å². The van der Waals surface area contributed by atoms with E-state index in [9.17, 15) is 4.79 Å². The number of nitrogens with one attached hydrogen (secondary N) is 1. The van der Waals surface area contributed by atoms with Crippen LogP contribution in [0.25, 0.3) is 5.82 Å². The van der Waals surface area contributed by atoms with Crippen molar-refractivity contribution in [2.24, 2.45) is 5.92 Å². The Bertz CT molecular complexity index is 593. The van der Waals surface area contributed by atoms with E-state index in [4.69, 9.17) is 0 Å². The van der Waals surface area contributed by atoms with Crippen LogP contribution in [0.5, 0.6) is 0 Å². The lowest BCUT2D eigenvalue weighted by atomic mass is 10.0. The van der Waals surface area contributed by atoms with Gasteiger partial charge in [-0.05, 0) is 37.0 Å².